The number of allylic oxidation sites excluding steroid dienone is 1. The molecule has 2 aromatic heterocycles. The van der Waals surface area contributed by atoms with Crippen molar-refractivity contribution in [3.63, 3.8) is 0 Å². The van der Waals surface area contributed by atoms with Crippen LogP contribution in [0.5, 0.6) is 11.5 Å². The zero-order valence-corrected chi connectivity index (χ0v) is 37.7. The largest absolute Gasteiger partial charge is 0.497 e. The van der Waals surface area contributed by atoms with Crippen LogP contribution in [-0.4, -0.2) is 69.3 Å². The molecule has 0 bridgehead atoms. The Kier molecular flexibility index (Phi) is 12.4. The van der Waals surface area contributed by atoms with Gasteiger partial charge in [-0.15, -0.1) is 0 Å². The number of rotatable bonds is 14. The number of carbonyl (C=O) groups excluding carboxylic acids is 1. The summed E-state index contributed by atoms with van der Waals surface area (Å²) >= 11 is 8.01. The molecule has 1 unspecified atom stereocenters. The third-order valence-corrected chi connectivity index (χ3v) is 17.8. The second kappa shape index (κ2) is 17.4. The minimum absolute atomic E-state index is 0.0189. The maximum absolute atomic E-state index is 13.2. The van der Waals surface area contributed by atoms with Crippen molar-refractivity contribution >= 4 is 51.9 Å². The molecule has 7 atom stereocenters. The number of ether oxygens (including phenoxy) is 4. The van der Waals surface area contributed by atoms with E-state index in [1.165, 1.54) is 6.33 Å². The second-order valence-electron chi connectivity index (χ2n) is 16.5. The maximum Gasteiger partial charge on any atom is 0.280 e. The van der Waals surface area contributed by atoms with Gasteiger partial charge in [-0.25, -0.2) is 4.98 Å². The summed E-state index contributed by atoms with van der Waals surface area (Å²) in [6.07, 6.45) is 2.63. The Morgan fingerprint density at radius 2 is 1.69 bits per heavy atom. The van der Waals surface area contributed by atoms with Crippen LogP contribution in [0.25, 0.3) is 11.2 Å². The first-order chi connectivity index (χ1) is 29.2. The topological polar surface area (TPSA) is 148 Å². The Labute approximate surface area is 364 Å². The Morgan fingerprint density at radius 3 is 2.30 bits per heavy atom. The number of fused-ring (bicyclic) bond motifs is 2. The molecular weight excluding hydrogens is 834 g/mol. The number of hydrogen-bond acceptors (Lipinski definition) is 12. The molecule has 0 spiro atoms. The van der Waals surface area contributed by atoms with Crippen LogP contribution in [0.2, 0.25) is 0 Å². The molecule has 2 saturated heterocycles. The van der Waals surface area contributed by atoms with Crippen LogP contribution in [0.1, 0.15) is 76.3 Å². The number of amides is 1. The minimum atomic E-state index is -2.92. The fourth-order valence-electron chi connectivity index (χ4n) is 8.47. The molecule has 8 rings (SSSR count). The van der Waals surface area contributed by atoms with Crippen molar-refractivity contribution in [3.8, 4) is 11.5 Å². The maximum atomic E-state index is 13.2. The molecule has 3 fully saturated rings. The first-order valence-corrected chi connectivity index (χ1v) is 24.5. The Hall–Kier alpha value is -4.34. The highest BCUT2D eigenvalue weighted by Crippen LogP contribution is 2.76. The number of H-pyrrole nitrogens is 1. The van der Waals surface area contributed by atoms with E-state index in [2.05, 4.69) is 40.7 Å². The van der Waals surface area contributed by atoms with Gasteiger partial charge in [-0.1, -0.05) is 92.0 Å². The zero-order chi connectivity index (χ0) is 43.1. The summed E-state index contributed by atoms with van der Waals surface area (Å²) in [5, 5.41) is 2.71. The number of benzene rings is 3. The summed E-state index contributed by atoms with van der Waals surface area (Å²) in [6.45, 7) is 12.1. The zero-order valence-electron chi connectivity index (χ0n) is 35.2. The van der Waals surface area contributed by atoms with E-state index in [-0.39, 0.29) is 46.4 Å². The van der Waals surface area contributed by atoms with E-state index in [4.69, 9.17) is 39.8 Å². The summed E-state index contributed by atoms with van der Waals surface area (Å²) in [5.41, 5.74) is -0.409. The van der Waals surface area contributed by atoms with Gasteiger partial charge in [0.05, 0.1) is 39.4 Å². The first-order valence-electron chi connectivity index (χ1n) is 20.5. The molecule has 0 radical (unpaired) electrons. The Balaban J connectivity index is 1.18. The summed E-state index contributed by atoms with van der Waals surface area (Å²) in [6, 6.07) is 25.8. The van der Waals surface area contributed by atoms with E-state index in [0.29, 0.717) is 23.8 Å². The quantitative estimate of drug-likeness (QED) is 0.0624. The molecule has 4 heterocycles. The lowest BCUT2D eigenvalue weighted by Gasteiger charge is -2.37. The van der Waals surface area contributed by atoms with Gasteiger partial charge in [-0.3, -0.25) is 24.5 Å². The number of hydrogen-bond donors (Lipinski definition) is 2. The molecule has 16 heteroatoms. The number of carbonyl (C=O) groups is 1. The van der Waals surface area contributed by atoms with Crippen LogP contribution in [0.4, 0.5) is 5.95 Å². The molecule has 1 saturated carbocycles. The van der Waals surface area contributed by atoms with Gasteiger partial charge in [0.2, 0.25) is 17.5 Å². The predicted molar refractivity (Wildman–Crippen MR) is 241 cm³/mol. The molecule has 2 aliphatic heterocycles. The third-order valence-electron chi connectivity index (χ3n) is 12.0. The van der Waals surface area contributed by atoms with Crippen LogP contribution < -0.4 is 20.3 Å². The van der Waals surface area contributed by atoms with Crippen LogP contribution in [0.15, 0.2) is 102 Å². The average molecular weight is 886 g/mol. The summed E-state index contributed by atoms with van der Waals surface area (Å²) in [4.78, 5) is 37.6. The number of nitrogens with zero attached hydrogens (tertiary/aromatic N) is 3. The van der Waals surface area contributed by atoms with Crippen LogP contribution in [0, 0.1) is 11.8 Å². The smallest absolute Gasteiger partial charge is 0.280 e. The lowest BCUT2D eigenvalue weighted by Crippen LogP contribution is -2.39. The lowest BCUT2D eigenvalue weighted by molar-refractivity contribution is -0.118. The van der Waals surface area contributed by atoms with Crippen LogP contribution in [-0.2, 0) is 40.7 Å². The molecule has 5 aromatic rings. The van der Waals surface area contributed by atoms with Crippen LogP contribution in [0.3, 0.4) is 0 Å². The molecule has 13 nitrogen and oxygen atoms in total. The van der Waals surface area contributed by atoms with Crippen molar-refractivity contribution in [1.82, 2.24) is 19.5 Å². The third kappa shape index (κ3) is 8.58. The van der Waals surface area contributed by atoms with Gasteiger partial charge >= 0.3 is 0 Å². The molecule has 322 valence electrons. The van der Waals surface area contributed by atoms with E-state index in [9.17, 15) is 9.59 Å². The standard InChI is InChI=1S/C45H52N5O8PS2/c1-27(2)29-21-22-44(5)37(23-29)58-59(60,61-44)57-35-24-38(50-26-46-39-40(50)47-43(49-42(39)52)48-41(51)28(3)4)56-36(35)25-55-45(30-11-9-8-10-12-30,31-13-17-33(53-6)18-14-31)32-15-19-34(54-7)20-16-32/h8-20,26,28-29,35-38H,1,21-25H2,2-7H3,(H2,47,48,49,51,52)/t29-,35-,36+,37+,38+,44+,59?/m0/s1. The van der Waals surface area contributed by atoms with Crippen molar-refractivity contribution in [2.75, 3.05) is 26.1 Å². The number of nitrogens with one attached hydrogen (secondary N) is 2. The minimum Gasteiger partial charge on any atom is -0.497 e. The van der Waals surface area contributed by atoms with Crippen LogP contribution >= 0.6 is 17.1 Å². The fraction of sp³-hybridized carbons (Fsp3) is 0.422. The molecule has 2 N–H and O–H groups in total. The predicted octanol–water partition coefficient (Wildman–Crippen LogP) is 8.90. The average Bonchev–Trinajstić information content (AvgIpc) is 3.93. The molecule has 3 aliphatic rings. The Bertz CT molecular complexity index is 2450. The normalized spacial score (nSPS) is 26.3. The monoisotopic (exact) mass is 885 g/mol. The van der Waals surface area contributed by atoms with E-state index >= 15 is 0 Å². The highest BCUT2D eigenvalue weighted by atomic mass is 32.9. The Morgan fingerprint density at radius 1 is 1.05 bits per heavy atom. The van der Waals surface area contributed by atoms with E-state index in [1.807, 2.05) is 78.9 Å². The molecule has 3 aromatic carbocycles. The number of aromatic amines is 1. The molecule has 1 aliphatic carbocycles. The van der Waals surface area contributed by atoms with E-state index < -0.39 is 35.3 Å². The van der Waals surface area contributed by atoms with E-state index in [1.54, 1.807) is 44.0 Å². The van der Waals surface area contributed by atoms with Crippen molar-refractivity contribution in [2.24, 2.45) is 11.8 Å². The van der Waals surface area contributed by atoms with Crippen molar-refractivity contribution in [1.29, 1.82) is 0 Å². The van der Waals surface area contributed by atoms with Gasteiger partial charge in [-0.2, -0.15) is 4.98 Å². The highest BCUT2D eigenvalue weighted by molar-refractivity contribution is 8.68. The van der Waals surface area contributed by atoms with Crippen molar-refractivity contribution < 1.29 is 32.8 Å². The number of anilines is 1. The SMILES string of the molecule is C=C(C)[C@H]1CC[C@@]2(C)SP(=S)(O[C@H]3C[C@H](n4cnc5c(=O)[nH]c(NC(=O)C(C)C)nc54)O[C@@H]3COC(c3ccccc3)(c3ccc(OC)cc3)c3ccc(OC)cc3)O[C@@H]2C1. The summed E-state index contributed by atoms with van der Waals surface area (Å²) in [5.74, 6) is 1.18. The summed E-state index contributed by atoms with van der Waals surface area (Å²) in [7, 11) is 3.28. The van der Waals surface area contributed by atoms with Gasteiger partial charge in [0.25, 0.3) is 5.56 Å². The highest BCUT2D eigenvalue weighted by Gasteiger charge is 2.55. The van der Waals surface area contributed by atoms with Gasteiger partial charge in [0.15, 0.2) is 11.2 Å². The van der Waals surface area contributed by atoms with Gasteiger partial charge in [-0.05, 0) is 91.8 Å². The summed E-state index contributed by atoms with van der Waals surface area (Å²) < 4.78 is 40.8. The second-order valence-corrected chi connectivity index (χ2v) is 23.0. The van der Waals surface area contributed by atoms with Gasteiger partial charge < -0.3 is 28.0 Å². The molecule has 61 heavy (non-hydrogen) atoms. The fourth-order valence-corrected chi connectivity index (χ4v) is 16.1. The number of methoxy groups -OCH3 is 2. The van der Waals surface area contributed by atoms with Crippen molar-refractivity contribution in [2.45, 2.75) is 88.3 Å². The van der Waals surface area contributed by atoms with Gasteiger partial charge in [0.1, 0.15) is 29.4 Å². The molecule has 1 amide bonds. The number of imidazole rings is 1. The van der Waals surface area contributed by atoms with Gasteiger partial charge in [0, 0.05) is 17.1 Å². The first kappa shape index (κ1) is 43.3. The number of aromatic nitrogens is 4. The van der Waals surface area contributed by atoms with E-state index in [0.717, 1.165) is 41.5 Å². The lowest BCUT2D eigenvalue weighted by atomic mass is 9.77. The molecular formula is C45H52N5O8PS2. The van der Waals surface area contributed by atoms with Crippen molar-refractivity contribution in [3.05, 3.63) is 124 Å².